The molecule has 1 aliphatic heterocycles. The smallest absolute Gasteiger partial charge is 0.237 e. The summed E-state index contributed by atoms with van der Waals surface area (Å²) in [6, 6.07) is 8.72. The summed E-state index contributed by atoms with van der Waals surface area (Å²) < 4.78 is 0. The summed E-state index contributed by atoms with van der Waals surface area (Å²) in [7, 11) is 0. The van der Waals surface area contributed by atoms with Crippen molar-refractivity contribution in [3.8, 4) is 0 Å². The lowest BCUT2D eigenvalue weighted by atomic mass is 10.1. The van der Waals surface area contributed by atoms with Gasteiger partial charge >= 0.3 is 0 Å². The third-order valence-corrected chi connectivity index (χ3v) is 4.26. The molecular weight excluding hydrogens is 310 g/mol. The molecule has 1 fully saturated rings. The standard InChI is InChI=1S/C18H28ClN3O/c1-12(2)20-16-9-17(18(23)21-13(3)4)22(11-16)10-14-5-7-15(19)8-6-14/h5-8,12-13,16-17,20H,9-11H2,1-4H3,(H,21,23)/t16-,17+/m1/s1. The molecule has 2 N–H and O–H groups in total. The van der Waals surface area contributed by atoms with Gasteiger partial charge in [-0.25, -0.2) is 0 Å². The van der Waals surface area contributed by atoms with Crippen LogP contribution in [0.3, 0.4) is 0 Å². The molecule has 0 radical (unpaired) electrons. The second kappa shape index (κ2) is 8.13. The number of likely N-dealkylation sites (tertiary alicyclic amines) is 1. The molecule has 1 aromatic rings. The van der Waals surface area contributed by atoms with Gasteiger partial charge in [-0.05, 0) is 38.0 Å². The first-order valence-electron chi connectivity index (χ1n) is 8.40. The number of carbonyl (C=O) groups excluding carboxylic acids is 1. The summed E-state index contributed by atoms with van der Waals surface area (Å²) in [4.78, 5) is 14.8. The number of nitrogens with one attached hydrogen (secondary N) is 2. The Hall–Kier alpha value is -1.10. The molecule has 1 heterocycles. The van der Waals surface area contributed by atoms with Gasteiger partial charge in [0.1, 0.15) is 0 Å². The van der Waals surface area contributed by atoms with Crippen LogP contribution in [0.5, 0.6) is 0 Å². The lowest BCUT2D eigenvalue weighted by Crippen LogP contribution is -2.45. The van der Waals surface area contributed by atoms with Gasteiger partial charge in [0.2, 0.25) is 5.91 Å². The van der Waals surface area contributed by atoms with Crippen LogP contribution in [-0.2, 0) is 11.3 Å². The molecule has 128 valence electrons. The number of amides is 1. The number of rotatable bonds is 6. The van der Waals surface area contributed by atoms with Gasteiger partial charge in [0, 0.05) is 36.2 Å². The average Bonchev–Trinajstić information content (AvgIpc) is 2.82. The molecule has 2 atom stereocenters. The van der Waals surface area contributed by atoms with Crippen molar-refractivity contribution in [1.82, 2.24) is 15.5 Å². The fraction of sp³-hybridized carbons (Fsp3) is 0.611. The molecule has 0 aromatic heterocycles. The maximum Gasteiger partial charge on any atom is 0.237 e. The van der Waals surface area contributed by atoms with Crippen LogP contribution in [-0.4, -0.2) is 41.5 Å². The molecule has 0 saturated carbocycles. The predicted molar refractivity (Wildman–Crippen MR) is 95.6 cm³/mol. The molecule has 5 heteroatoms. The molecule has 2 rings (SSSR count). The number of benzene rings is 1. The van der Waals surface area contributed by atoms with Crippen LogP contribution in [0.1, 0.15) is 39.7 Å². The third-order valence-electron chi connectivity index (χ3n) is 4.00. The molecule has 1 amide bonds. The van der Waals surface area contributed by atoms with Gasteiger partial charge in [-0.15, -0.1) is 0 Å². The summed E-state index contributed by atoms with van der Waals surface area (Å²) in [6.45, 7) is 9.94. The van der Waals surface area contributed by atoms with E-state index in [1.807, 2.05) is 38.1 Å². The van der Waals surface area contributed by atoms with Crippen molar-refractivity contribution in [2.24, 2.45) is 0 Å². The van der Waals surface area contributed by atoms with E-state index in [-0.39, 0.29) is 18.0 Å². The van der Waals surface area contributed by atoms with E-state index < -0.39 is 0 Å². The summed E-state index contributed by atoms with van der Waals surface area (Å²) in [6.07, 6.45) is 0.852. The highest BCUT2D eigenvalue weighted by atomic mass is 35.5. The molecular formula is C18H28ClN3O. The van der Waals surface area contributed by atoms with Crippen LogP contribution < -0.4 is 10.6 Å². The van der Waals surface area contributed by atoms with Crippen molar-refractivity contribution in [2.45, 2.75) is 64.8 Å². The zero-order chi connectivity index (χ0) is 17.0. The first kappa shape index (κ1) is 18.2. The van der Waals surface area contributed by atoms with Crippen LogP contribution in [0.15, 0.2) is 24.3 Å². The Morgan fingerprint density at radius 3 is 2.43 bits per heavy atom. The number of carbonyl (C=O) groups is 1. The second-order valence-electron chi connectivity index (χ2n) is 6.99. The molecule has 23 heavy (non-hydrogen) atoms. The normalized spacial score (nSPS) is 22.0. The number of hydrogen-bond donors (Lipinski definition) is 2. The second-order valence-corrected chi connectivity index (χ2v) is 7.43. The highest BCUT2D eigenvalue weighted by Crippen LogP contribution is 2.22. The van der Waals surface area contributed by atoms with Crippen molar-refractivity contribution in [1.29, 1.82) is 0 Å². The Morgan fingerprint density at radius 1 is 1.22 bits per heavy atom. The van der Waals surface area contributed by atoms with E-state index >= 15 is 0 Å². The fourth-order valence-electron chi connectivity index (χ4n) is 3.15. The number of nitrogens with zero attached hydrogens (tertiary/aromatic N) is 1. The number of hydrogen-bond acceptors (Lipinski definition) is 3. The van der Waals surface area contributed by atoms with Crippen molar-refractivity contribution >= 4 is 17.5 Å². The van der Waals surface area contributed by atoms with Crippen molar-refractivity contribution in [2.75, 3.05) is 6.54 Å². The third kappa shape index (κ3) is 5.48. The van der Waals surface area contributed by atoms with E-state index in [0.717, 1.165) is 24.5 Å². The molecule has 1 saturated heterocycles. The Labute approximate surface area is 144 Å². The van der Waals surface area contributed by atoms with E-state index in [0.29, 0.717) is 12.1 Å². The first-order valence-corrected chi connectivity index (χ1v) is 8.78. The largest absolute Gasteiger partial charge is 0.353 e. The van der Waals surface area contributed by atoms with Crippen molar-refractivity contribution in [3.63, 3.8) is 0 Å². The topological polar surface area (TPSA) is 44.4 Å². The van der Waals surface area contributed by atoms with E-state index in [9.17, 15) is 4.79 Å². The first-order chi connectivity index (χ1) is 10.8. The van der Waals surface area contributed by atoms with Gasteiger partial charge in [-0.2, -0.15) is 0 Å². The summed E-state index contributed by atoms with van der Waals surface area (Å²) in [5, 5.41) is 7.36. The summed E-state index contributed by atoms with van der Waals surface area (Å²) >= 11 is 5.96. The quantitative estimate of drug-likeness (QED) is 0.839. The Kier molecular flexibility index (Phi) is 6.45. The molecule has 4 nitrogen and oxygen atoms in total. The minimum atomic E-state index is -0.0793. The lowest BCUT2D eigenvalue weighted by Gasteiger charge is -2.24. The molecule has 0 unspecified atom stereocenters. The zero-order valence-electron chi connectivity index (χ0n) is 14.5. The average molecular weight is 338 g/mol. The minimum absolute atomic E-state index is 0.0793. The van der Waals surface area contributed by atoms with Gasteiger partial charge < -0.3 is 10.6 Å². The van der Waals surface area contributed by atoms with E-state index in [2.05, 4.69) is 29.4 Å². The van der Waals surface area contributed by atoms with Gasteiger partial charge in [-0.3, -0.25) is 9.69 Å². The van der Waals surface area contributed by atoms with Crippen molar-refractivity contribution in [3.05, 3.63) is 34.9 Å². The van der Waals surface area contributed by atoms with Gasteiger partial charge in [0.15, 0.2) is 0 Å². The zero-order valence-corrected chi connectivity index (χ0v) is 15.2. The van der Waals surface area contributed by atoms with Gasteiger partial charge in [-0.1, -0.05) is 37.6 Å². The maximum absolute atomic E-state index is 12.5. The molecule has 0 bridgehead atoms. The minimum Gasteiger partial charge on any atom is -0.353 e. The lowest BCUT2D eigenvalue weighted by molar-refractivity contribution is -0.126. The van der Waals surface area contributed by atoms with E-state index in [1.165, 1.54) is 5.56 Å². The molecule has 0 aliphatic carbocycles. The predicted octanol–water partition coefficient (Wildman–Crippen LogP) is 2.81. The Morgan fingerprint density at radius 2 is 1.87 bits per heavy atom. The molecule has 1 aliphatic rings. The summed E-state index contributed by atoms with van der Waals surface area (Å²) in [5.74, 6) is 0.127. The monoisotopic (exact) mass is 337 g/mol. The van der Waals surface area contributed by atoms with Crippen LogP contribution in [0.25, 0.3) is 0 Å². The van der Waals surface area contributed by atoms with Crippen molar-refractivity contribution < 1.29 is 4.79 Å². The fourth-order valence-corrected chi connectivity index (χ4v) is 3.27. The van der Waals surface area contributed by atoms with E-state index in [4.69, 9.17) is 11.6 Å². The SMILES string of the molecule is CC(C)NC(=O)[C@@H]1C[C@@H](NC(C)C)CN1Cc1ccc(Cl)cc1. The van der Waals surface area contributed by atoms with E-state index in [1.54, 1.807) is 0 Å². The van der Waals surface area contributed by atoms with Gasteiger partial charge in [0.25, 0.3) is 0 Å². The van der Waals surface area contributed by atoms with Crippen LogP contribution in [0, 0.1) is 0 Å². The summed E-state index contributed by atoms with van der Waals surface area (Å²) in [5.41, 5.74) is 1.18. The molecule has 1 aromatic carbocycles. The molecule has 0 spiro atoms. The van der Waals surface area contributed by atoms with Crippen LogP contribution >= 0.6 is 11.6 Å². The highest BCUT2D eigenvalue weighted by molar-refractivity contribution is 6.30. The van der Waals surface area contributed by atoms with Crippen LogP contribution in [0.2, 0.25) is 5.02 Å². The maximum atomic E-state index is 12.5. The Balaban J connectivity index is 2.08. The van der Waals surface area contributed by atoms with Crippen LogP contribution in [0.4, 0.5) is 0 Å². The highest BCUT2D eigenvalue weighted by Gasteiger charge is 2.36. The number of halogens is 1. The van der Waals surface area contributed by atoms with Gasteiger partial charge in [0.05, 0.1) is 6.04 Å². The Bertz CT molecular complexity index is 516.